The highest BCUT2D eigenvalue weighted by Crippen LogP contribution is 2.12. The summed E-state index contributed by atoms with van der Waals surface area (Å²) < 4.78 is 4.94. The van der Waals surface area contributed by atoms with Crippen LogP contribution in [0.1, 0.15) is 40.5 Å². The Morgan fingerprint density at radius 3 is 2.54 bits per heavy atom. The molecule has 0 saturated carbocycles. The van der Waals surface area contributed by atoms with Crippen molar-refractivity contribution in [3.05, 3.63) is 11.6 Å². The van der Waals surface area contributed by atoms with Crippen molar-refractivity contribution in [2.24, 2.45) is 5.92 Å². The first kappa shape index (κ1) is 12.2. The van der Waals surface area contributed by atoms with Crippen molar-refractivity contribution in [2.75, 3.05) is 6.61 Å². The molecule has 1 unspecified atom stereocenters. The summed E-state index contributed by atoms with van der Waals surface area (Å²) in [5, 5.41) is 0. The van der Waals surface area contributed by atoms with Crippen LogP contribution in [0.3, 0.4) is 0 Å². The lowest BCUT2D eigenvalue weighted by Gasteiger charge is -2.08. The number of carbonyl (C=O) groups excluding carboxylic acids is 1. The van der Waals surface area contributed by atoms with Gasteiger partial charge in [-0.05, 0) is 25.7 Å². The van der Waals surface area contributed by atoms with Crippen LogP contribution < -0.4 is 0 Å². The minimum absolute atomic E-state index is 0.209. The molecule has 0 amide bonds. The molecule has 0 aromatic rings. The summed E-state index contributed by atoms with van der Waals surface area (Å²) >= 11 is 0. The van der Waals surface area contributed by atoms with E-state index in [1.54, 1.807) is 6.08 Å². The Kier molecular flexibility index (Phi) is 6.29. The Bertz CT molecular complexity index is 183. The van der Waals surface area contributed by atoms with Crippen LogP contribution in [0.15, 0.2) is 11.6 Å². The number of ether oxygens (including phenoxy) is 1. The average Bonchev–Trinajstić information content (AvgIpc) is 2.13. The molecule has 2 heteroatoms. The zero-order valence-corrected chi connectivity index (χ0v) is 9.09. The van der Waals surface area contributed by atoms with Gasteiger partial charge in [-0.3, -0.25) is 0 Å². The summed E-state index contributed by atoms with van der Waals surface area (Å²) in [5.41, 5.74) is 1.10. The second kappa shape index (κ2) is 6.70. The van der Waals surface area contributed by atoms with Gasteiger partial charge in [-0.1, -0.05) is 26.3 Å². The maximum absolute atomic E-state index is 11.1. The zero-order valence-electron chi connectivity index (χ0n) is 9.09. The van der Waals surface area contributed by atoms with Gasteiger partial charge in [0.1, 0.15) is 0 Å². The number of rotatable bonds is 5. The predicted molar refractivity (Wildman–Crippen MR) is 54.5 cm³/mol. The van der Waals surface area contributed by atoms with Crippen LogP contribution in [0.4, 0.5) is 0 Å². The van der Waals surface area contributed by atoms with Crippen LogP contribution in [0.5, 0.6) is 0 Å². The third kappa shape index (κ3) is 5.45. The van der Waals surface area contributed by atoms with E-state index >= 15 is 0 Å². The topological polar surface area (TPSA) is 26.3 Å². The molecule has 0 bridgehead atoms. The molecule has 1 atom stereocenters. The van der Waals surface area contributed by atoms with Crippen molar-refractivity contribution in [1.29, 1.82) is 0 Å². The molecule has 0 aliphatic rings. The van der Waals surface area contributed by atoms with Crippen LogP contribution >= 0.6 is 0 Å². The van der Waals surface area contributed by atoms with Gasteiger partial charge in [0.05, 0.1) is 6.61 Å². The molecule has 13 heavy (non-hydrogen) atoms. The number of esters is 1. The molecule has 76 valence electrons. The van der Waals surface area contributed by atoms with Crippen molar-refractivity contribution in [1.82, 2.24) is 0 Å². The summed E-state index contributed by atoms with van der Waals surface area (Å²) in [6.07, 6.45) is 3.54. The molecule has 0 heterocycles. The Morgan fingerprint density at radius 2 is 2.08 bits per heavy atom. The zero-order chi connectivity index (χ0) is 10.3. The van der Waals surface area contributed by atoms with E-state index in [0.29, 0.717) is 12.5 Å². The third-order valence-electron chi connectivity index (χ3n) is 2.18. The maximum atomic E-state index is 11.1. The number of hydrogen-bond donors (Lipinski definition) is 0. The van der Waals surface area contributed by atoms with E-state index in [-0.39, 0.29) is 5.97 Å². The molecular weight excluding hydrogens is 164 g/mol. The summed E-state index contributed by atoms with van der Waals surface area (Å²) in [6, 6.07) is 0. The third-order valence-corrected chi connectivity index (χ3v) is 2.18. The lowest BCUT2D eigenvalue weighted by atomic mass is 10.00. The predicted octanol–water partition coefficient (Wildman–Crippen LogP) is 2.93. The van der Waals surface area contributed by atoms with E-state index in [9.17, 15) is 4.79 Å². The quantitative estimate of drug-likeness (QED) is 0.485. The lowest BCUT2D eigenvalue weighted by molar-refractivity contribution is -0.137. The molecule has 0 aromatic heterocycles. The number of carbonyl (C=O) groups is 1. The van der Waals surface area contributed by atoms with Gasteiger partial charge >= 0.3 is 5.97 Å². The monoisotopic (exact) mass is 184 g/mol. The first-order valence-corrected chi connectivity index (χ1v) is 4.96. The molecule has 0 N–H and O–H groups in total. The molecule has 2 nitrogen and oxygen atoms in total. The van der Waals surface area contributed by atoms with Crippen LogP contribution in [0.25, 0.3) is 0 Å². The SMILES string of the molecule is CCCOC(=O)/C=C(\C)C(C)CC. The second-order valence-electron chi connectivity index (χ2n) is 3.37. The molecule has 0 rings (SSSR count). The molecule has 0 aliphatic heterocycles. The van der Waals surface area contributed by atoms with Gasteiger partial charge in [-0.15, -0.1) is 0 Å². The fraction of sp³-hybridized carbons (Fsp3) is 0.727. The molecular formula is C11H20O2. The summed E-state index contributed by atoms with van der Waals surface area (Å²) in [7, 11) is 0. The van der Waals surface area contributed by atoms with E-state index in [1.165, 1.54) is 0 Å². The largest absolute Gasteiger partial charge is 0.463 e. The normalized spacial score (nSPS) is 14.0. The molecule has 0 spiro atoms. The standard InChI is InChI=1S/C11H20O2/c1-5-7-13-11(12)8-10(4)9(3)6-2/h8-9H,5-7H2,1-4H3/b10-8+. The van der Waals surface area contributed by atoms with Crippen molar-refractivity contribution < 1.29 is 9.53 Å². The number of hydrogen-bond acceptors (Lipinski definition) is 2. The fourth-order valence-electron chi connectivity index (χ4n) is 0.894. The van der Waals surface area contributed by atoms with E-state index in [2.05, 4.69) is 13.8 Å². The molecule has 0 fully saturated rings. The van der Waals surface area contributed by atoms with Gasteiger partial charge in [0.2, 0.25) is 0 Å². The highest BCUT2D eigenvalue weighted by atomic mass is 16.5. The Hall–Kier alpha value is -0.790. The highest BCUT2D eigenvalue weighted by Gasteiger charge is 2.04. The highest BCUT2D eigenvalue weighted by molar-refractivity contribution is 5.82. The van der Waals surface area contributed by atoms with Gasteiger partial charge in [-0.25, -0.2) is 4.79 Å². The molecule has 0 saturated heterocycles. The van der Waals surface area contributed by atoms with Gasteiger partial charge in [0.25, 0.3) is 0 Å². The summed E-state index contributed by atoms with van der Waals surface area (Å²) in [4.78, 5) is 11.1. The van der Waals surface area contributed by atoms with Crippen LogP contribution in [-0.4, -0.2) is 12.6 Å². The minimum Gasteiger partial charge on any atom is -0.463 e. The first-order valence-electron chi connectivity index (χ1n) is 4.96. The van der Waals surface area contributed by atoms with Gasteiger partial charge < -0.3 is 4.74 Å². The Labute approximate surface area is 81.0 Å². The maximum Gasteiger partial charge on any atom is 0.330 e. The molecule has 0 radical (unpaired) electrons. The summed E-state index contributed by atoms with van der Waals surface area (Å²) in [5.74, 6) is 0.258. The fourth-order valence-corrected chi connectivity index (χ4v) is 0.894. The van der Waals surface area contributed by atoms with Crippen LogP contribution in [-0.2, 0) is 9.53 Å². The van der Waals surface area contributed by atoms with Crippen molar-refractivity contribution in [3.8, 4) is 0 Å². The molecule has 0 aliphatic carbocycles. The average molecular weight is 184 g/mol. The Balaban J connectivity index is 3.98. The van der Waals surface area contributed by atoms with Crippen molar-refractivity contribution in [3.63, 3.8) is 0 Å². The first-order chi connectivity index (χ1) is 6.11. The Morgan fingerprint density at radius 1 is 1.46 bits per heavy atom. The van der Waals surface area contributed by atoms with E-state index in [0.717, 1.165) is 18.4 Å². The summed E-state index contributed by atoms with van der Waals surface area (Å²) in [6.45, 7) is 8.70. The second-order valence-corrected chi connectivity index (χ2v) is 3.37. The minimum atomic E-state index is -0.209. The van der Waals surface area contributed by atoms with Gasteiger partial charge in [0, 0.05) is 6.08 Å². The smallest absolute Gasteiger partial charge is 0.330 e. The molecule has 0 aromatic carbocycles. The van der Waals surface area contributed by atoms with Gasteiger partial charge in [-0.2, -0.15) is 0 Å². The van der Waals surface area contributed by atoms with E-state index < -0.39 is 0 Å². The van der Waals surface area contributed by atoms with Crippen molar-refractivity contribution in [2.45, 2.75) is 40.5 Å². The number of allylic oxidation sites excluding steroid dienone is 1. The van der Waals surface area contributed by atoms with Crippen molar-refractivity contribution >= 4 is 5.97 Å². The van der Waals surface area contributed by atoms with E-state index in [4.69, 9.17) is 4.74 Å². The lowest BCUT2D eigenvalue weighted by Crippen LogP contribution is -2.04. The van der Waals surface area contributed by atoms with Crippen LogP contribution in [0, 0.1) is 5.92 Å². The van der Waals surface area contributed by atoms with Gasteiger partial charge in [0.15, 0.2) is 0 Å². The van der Waals surface area contributed by atoms with E-state index in [1.807, 2.05) is 13.8 Å². The van der Waals surface area contributed by atoms with Crippen LogP contribution in [0.2, 0.25) is 0 Å².